The number of aldehydes is 1. The maximum atomic E-state index is 11.0. The molecule has 6 heteroatoms. The molecule has 0 amide bonds. The van der Waals surface area contributed by atoms with Gasteiger partial charge >= 0.3 is 0 Å². The summed E-state index contributed by atoms with van der Waals surface area (Å²) in [5, 5.41) is 0.155. The molecule has 92 valence electrons. The lowest BCUT2D eigenvalue weighted by molar-refractivity contribution is 0.112. The molecule has 0 aliphatic carbocycles. The average Bonchev–Trinajstić information content (AvgIpc) is 2.39. The standard InChI is InChI=1S/C12H11ClN4O/c1-17(6-9-4-2-3-5-14-9)12-10(7-18)11(13)15-8-16-12/h2-5,7-8H,6H2,1H3. The molecule has 0 saturated heterocycles. The van der Waals surface area contributed by atoms with Crippen molar-refractivity contribution in [3.63, 3.8) is 0 Å². The molecule has 0 radical (unpaired) electrons. The topological polar surface area (TPSA) is 59.0 Å². The third-order valence-electron chi connectivity index (χ3n) is 2.42. The lowest BCUT2D eigenvalue weighted by atomic mass is 10.3. The van der Waals surface area contributed by atoms with Gasteiger partial charge in [0.1, 0.15) is 17.3 Å². The van der Waals surface area contributed by atoms with Gasteiger partial charge in [-0.05, 0) is 12.1 Å². The van der Waals surface area contributed by atoms with E-state index >= 15 is 0 Å². The van der Waals surface area contributed by atoms with Crippen molar-refractivity contribution in [2.75, 3.05) is 11.9 Å². The SMILES string of the molecule is CN(Cc1ccccn1)c1ncnc(Cl)c1C=O. The van der Waals surface area contributed by atoms with Gasteiger partial charge in [-0.1, -0.05) is 17.7 Å². The van der Waals surface area contributed by atoms with Gasteiger partial charge in [0.2, 0.25) is 0 Å². The van der Waals surface area contributed by atoms with Crippen LogP contribution in [0.1, 0.15) is 16.1 Å². The van der Waals surface area contributed by atoms with E-state index in [2.05, 4.69) is 15.0 Å². The van der Waals surface area contributed by atoms with E-state index in [9.17, 15) is 4.79 Å². The molecule has 18 heavy (non-hydrogen) atoms. The zero-order chi connectivity index (χ0) is 13.0. The fourth-order valence-corrected chi connectivity index (χ4v) is 1.75. The second kappa shape index (κ2) is 5.55. The summed E-state index contributed by atoms with van der Waals surface area (Å²) >= 11 is 5.85. The Hall–Kier alpha value is -2.01. The fourth-order valence-electron chi connectivity index (χ4n) is 1.58. The number of hydrogen-bond donors (Lipinski definition) is 0. The second-order valence-electron chi connectivity index (χ2n) is 3.70. The fraction of sp³-hybridized carbons (Fsp3) is 0.167. The Morgan fingerprint density at radius 1 is 1.33 bits per heavy atom. The normalized spacial score (nSPS) is 10.1. The number of anilines is 1. The minimum absolute atomic E-state index is 0.155. The van der Waals surface area contributed by atoms with Gasteiger partial charge in [-0.2, -0.15) is 0 Å². The summed E-state index contributed by atoms with van der Waals surface area (Å²) in [4.78, 5) is 24.9. The third kappa shape index (κ3) is 2.62. The van der Waals surface area contributed by atoms with Crippen LogP contribution >= 0.6 is 11.6 Å². The molecule has 0 aliphatic rings. The molecule has 5 nitrogen and oxygen atoms in total. The molecule has 0 fully saturated rings. The molecule has 2 aromatic heterocycles. The summed E-state index contributed by atoms with van der Waals surface area (Å²) in [6.45, 7) is 0.537. The Labute approximate surface area is 109 Å². The molecule has 2 rings (SSSR count). The molecular formula is C12H11ClN4O. The minimum atomic E-state index is 0.155. The average molecular weight is 263 g/mol. The summed E-state index contributed by atoms with van der Waals surface area (Å²) in [6, 6.07) is 5.66. The number of hydrogen-bond acceptors (Lipinski definition) is 5. The van der Waals surface area contributed by atoms with E-state index in [-0.39, 0.29) is 10.7 Å². The highest BCUT2D eigenvalue weighted by molar-refractivity contribution is 6.32. The van der Waals surface area contributed by atoms with Crippen LogP contribution in [-0.4, -0.2) is 28.3 Å². The molecule has 0 N–H and O–H groups in total. The lowest BCUT2D eigenvalue weighted by Crippen LogP contribution is -2.20. The summed E-state index contributed by atoms with van der Waals surface area (Å²) in [5.74, 6) is 0.496. The van der Waals surface area contributed by atoms with Crippen LogP contribution < -0.4 is 4.90 Å². The van der Waals surface area contributed by atoms with Crippen molar-refractivity contribution in [3.8, 4) is 0 Å². The van der Waals surface area contributed by atoms with Crippen molar-refractivity contribution in [1.29, 1.82) is 0 Å². The molecule has 2 heterocycles. The van der Waals surface area contributed by atoms with Crippen LogP contribution in [-0.2, 0) is 6.54 Å². The zero-order valence-electron chi connectivity index (χ0n) is 9.75. The zero-order valence-corrected chi connectivity index (χ0v) is 10.5. The van der Waals surface area contributed by atoms with Crippen LogP contribution in [0, 0.1) is 0 Å². The first-order chi connectivity index (χ1) is 8.72. The summed E-state index contributed by atoms with van der Waals surface area (Å²) in [7, 11) is 1.82. The molecular weight excluding hydrogens is 252 g/mol. The number of carbonyl (C=O) groups excluding carboxylic acids is 1. The second-order valence-corrected chi connectivity index (χ2v) is 4.05. The number of carbonyl (C=O) groups is 1. The molecule has 0 aromatic carbocycles. The predicted octanol–water partition coefficient (Wildman–Crippen LogP) is 1.97. The maximum absolute atomic E-state index is 11.0. The molecule has 0 bridgehead atoms. The van der Waals surface area contributed by atoms with Gasteiger partial charge in [0.05, 0.1) is 17.8 Å². The molecule has 0 atom stereocenters. The van der Waals surface area contributed by atoms with Crippen molar-refractivity contribution in [2.45, 2.75) is 6.54 Å². The quantitative estimate of drug-likeness (QED) is 0.623. The van der Waals surface area contributed by atoms with E-state index in [1.807, 2.05) is 25.2 Å². The molecule has 2 aromatic rings. The van der Waals surface area contributed by atoms with E-state index in [1.165, 1.54) is 6.33 Å². The smallest absolute Gasteiger partial charge is 0.156 e. The van der Waals surface area contributed by atoms with Crippen LogP contribution in [0.15, 0.2) is 30.7 Å². The molecule has 0 spiro atoms. The Bertz CT molecular complexity index is 547. The lowest BCUT2D eigenvalue weighted by Gasteiger charge is -2.19. The van der Waals surface area contributed by atoms with Gasteiger partial charge in [-0.3, -0.25) is 9.78 Å². The third-order valence-corrected chi connectivity index (χ3v) is 2.72. The largest absolute Gasteiger partial charge is 0.353 e. The Kier molecular flexibility index (Phi) is 3.84. The van der Waals surface area contributed by atoms with Gasteiger partial charge in [0.25, 0.3) is 0 Å². The van der Waals surface area contributed by atoms with E-state index in [0.717, 1.165) is 5.69 Å². The van der Waals surface area contributed by atoms with Crippen LogP contribution in [0.3, 0.4) is 0 Å². The summed E-state index contributed by atoms with van der Waals surface area (Å²) in [6.07, 6.45) is 3.71. The number of nitrogens with zero attached hydrogens (tertiary/aromatic N) is 4. The van der Waals surface area contributed by atoms with Gasteiger partial charge < -0.3 is 4.90 Å². The van der Waals surface area contributed by atoms with E-state index in [1.54, 1.807) is 11.1 Å². The molecule has 0 aliphatic heterocycles. The summed E-state index contributed by atoms with van der Waals surface area (Å²) in [5.41, 5.74) is 1.17. The van der Waals surface area contributed by atoms with Gasteiger partial charge in [0, 0.05) is 13.2 Å². The summed E-state index contributed by atoms with van der Waals surface area (Å²) < 4.78 is 0. The number of halogens is 1. The van der Waals surface area contributed by atoms with Crippen molar-refractivity contribution in [2.24, 2.45) is 0 Å². The van der Waals surface area contributed by atoms with E-state index in [0.29, 0.717) is 18.6 Å². The molecule has 0 unspecified atom stereocenters. The van der Waals surface area contributed by atoms with Gasteiger partial charge in [0.15, 0.2) is 6.29 Å². The van der Waals surface area contributed by atoms with Crippen LogP contribution in [0.25, 0.3) is 0 Å². The molecule has 0 saturated carbocycles. The highest BCUT2D eigenvalue weighted by Crippen LogP contribution is 2.21. The monoisotopic (exact) mass is 262 g/mol. The number of aromatic nitrogens is 3. The van der Waals surface area contributed by atoms with Gasteiger partial charge in [-0.15, -0.1) is 0 Å². The van der Waals surface area contributed by atoms with E-state index < -0.39 is 0 Å². The predicted molar refractivity (Wildman–Crippen MR) is 68.8 cm³/mol. The highest BCUT2D eigenvalue weighted by atomic mass is 35.5. The number of pyridine rings is 1. The maximum Gasteiger partial charge on any atom is 0.156 e. The minimum Gasteiger partial charge on any atom is -0.353 e. The van der Waals surface area contributed by atoms with Crippen LogP contribution in [0.2, 0.25) is 5.15 Å². The Morgan fingerprint density at radius 2 is 2.17 bits per heavy atom. The van der Waals surface area contributed by atoms with E-state index in [4.69, 9.17) is 11.6 Å². The van der Waals surface area contributed by atoms with Crippen molar-refractivity contribution in [1.82, 2.24) is 15.0 Å². The first kappa shape index (κ1) is 12.4. The first-order valence-electron chi connectivity index (χ1n) is 5.29. The van der Waals surface area contributed by atoms with Crippen LogP contribution in [0.5, 0.6) is 0 Å². The Balaban J connectivity index is 2.26. The first-order valence-corrected chi connectivity index (χ1v) is 5.67. The van der Waals surface area contributed by atoms with Crippen molar-refractivity contribution < 1.29 is 4.79 Å². The number of rotatable bonds is 4. The van der Waals surface area contributed by atoms with Crippen molar-refractivity contribution >= 4 is 23.7 Å². The highest BCUT2D eigenvalue weighted by Gasteiger charge is 2.13. The van der Waals surface area contributed by atoms with Crippen LogP contribution in [0.4, 0.5) is 5.82 Å². The Morgan fingerprint density at radius 3 is 2.83 bits per heavy atom. The van der Waals surface area contributed by atoms with Crippen molar-refractivity contribution in [3.05, 3.63) is 47.1 Å². The van der Waals surface area contributed by atoms with Gasteiger partial charge in [-0.25, -0.2) is 9.97 Å².